The van der Waals surface area contributed by atoms with E-state index in [4.69, 9.17) is 11.6 Å². The summed E-state index contributed by atoms with van der Waals surface area (Å²) in [5.74, 6) is -0.439. The van der Waals surface area contributed by atoms with Gasteiger partial charge in [-0.1, -0.05) is 41.4 Å². The molecular weight excluding hydrogens is 422 g/mol. The highest BCUT2D eigenvalue weighted by Crippen LogP contribution is 2.28. The van der Waals surface area contributed by atoms with Crippen LogP contribution in [0.5, 0.6) is 0 Å². The maximum absolute atomic E-state index is 13.3. The molecule has 1 amide bonds. The summed E-state index contributed by atoms with van der Waals surface area (Å²) in [5, 5.41) is 3.16. The summed E-state index contributed by atoms with van der Waals surface area (Å²) in [7, 11) is -3.98. The van der Waals surface area contributed by atoms with Crippen LogP contribution in [0.25, 0.3) is 0 Å². The number of halogens is 1. The van der Waals surface area contributed by atoms with Crippen molar-refractivity contribution < 1.29 is 13.2 Å². The zero-order chi connectivity index (χ0) is 21.7. The van der Waals surface area contributed by atoms with Gasteiger partial charge in [0.15, 0.2) is 0 Å². The highest BCUT2D eigenvalue weighted by atomic mass is 35.5. The lowest BCUT2D eigenvalue weighted by atomic mass is 10.2. The van der Waals surface area contributed by atoms with Crippen LogP contribution in [0.1, 0.15) is 16.7 Å². The number of amides is 1. The lowest BCUT2D eigenvalue weighted by molar-refractivity contribution is -0.119. The molecule has 0 spiro atoms. The third-order valence-corrected chi connectivity index (χ3v) is 6.75. The van der Waals surface area contributed by atoms with Crippen molar-refractivity contribution in [1.82, 2.24) is 10.3 Å². The fourth-order valence-corrected chi connectivity index (χ4v) is 4.37. The molecule has 0 aliphatic rings. The van der Waals surface area contributed by atoms with Gasteiger partial charge in [-0.25, -0.2) is 8.42 Å². The van der Waals surface area contributed by atoms with Crippen molar-refractivity contribution in [1.29, 1.82) is 0 Å². The van der Waals surface area contributed by atoms with Crippen molar-refractivity contribution >= 4 is 33.2 Å². The van der Waals surface area contributed by atoms with E-state index in [1.807, 2.05) is 19.9 Å². The van der Waals surface area contributed by atoms with Crippen LogP contribution in [0.15, 0.2) is 71.9 Å². The SMILES string of the molecule is Cc1ccc(S(=O)(=O)N(CC(=O)NCc2cccnc2)c2ccc(C)c(Cl)c2)cc1. The number of anilines is 1. The largest absolute Gasteiger partial charge is 0.350 e. The Hall–Kier alpha value is -2.90. The van der Waals surface area contributed by atoms with Crippen molar-refractivity contribution in [3.8, 4) is 0 Å². The highest BCUT2D eigenvalue weighted by Gasteiger charge is 2.27. The number of aryl methyl sites for hydroxylation is 2. The molecule has 0 fully saturated rings. The first kappa shape index (κ1) is 21.8. The minimum Gasteiger partial charge on any atom is -0.350 e. The number of pyridine rings is 1. The Balaban J connectivity index is 1.90. The highest BCUT2D eigenvalue weighted by molar-refractivity contribution is 7.92. The standard InChI is InChI=1S/C22H22ClN3O3S/c1-16-5-9-20(10-6-16)30(28,29)26(19-8-7-17(2)21(23)12-19)15-22(27)25-14-18-4-3-11-24-13-18/h3-13H,14-15H2,1-2H3,(H,25,27). The summed E-state index contributed by atoms with van der Waals surface area (Å²) in [4.78, 5) is 16.7. The van der Waals surface area contributed by atoms with Crippen LogP contribution in [-0.2, 0) is 21.4 Å². The molecular formula is C22H22ClN3O3S. The van der Waals surface area contributed by atoms with Gasteiger partial charge in [0.1, 0.15) is 6.54 Å². The molecule has 3 rings (SSSR count). The molecule has 0 aliphatic heterocycles. The third-order valence-electron chi connectivity index (χ3n) is 4.55. The fourth-order valence-electron chi connectivity index (χ4n) is 2.78. The van der Waals surface area contributed by atoms with E-state index in [0.29, 0.717) is 10.7 Å². The van der Waals surface area contributed by atoms with E-state index in [-0.39, 0.29) is 18.0 Å². The average molecular weight is 444 g/mol. The molecule has 3 aromatic rings. The van der Waals surface area contributed by atoms with Crippen LogP contribution in [0.4, 0.5) is 5.69 Å². The normalized spacial score (nSPS) is 11.2. The maximum atomic E-state index is 13.3. The summed E-state index contributed by atoms with van der Waals surface area (Å²) in [6.45, 7) is 3.57. The second-order valence-electron chi connectivity index (χ2n) is 6.90. The molecule has 1 aromatic heterocycles. The van der Waals surface area contributed by atoms with Crippen LogP contribution in [-0.4, -0.2) is 25.9 Å². The lowest BCUT2D eigenvalue weighted by Gasteiger charge is -2.24. The Morgan fingerprint density at radius 3 is 2.47 bits per heavy atom. The molecule has 8 heteroatoms. The first-order valence-electron chi connectivity index (χ1n) is 9.28. The molecule has 1 heterocycles. The Morgan fingerprint density at radius 1 is 1.10 bits per heavy atom. The van der Waals surface area contributed by atoms with Crippen LogP contribution < -0.4 is 9.62 Å². The topological polar surface area (TPSA) is 79.4 Å². The molecule has 1 N–H and O–H groups in total. The zero-order valence-electron chi connectivity index (χ0n) is 16.7. The molecule has 0 bridgehead atoms. The monoisotopic (exact) mass is 443 g/mol. The first-order valence-corrected chi connectivity index (χ1v) is 11.1. The van der Waals surface area contributed by atoms with Gasteiger partial charge in [0, 0.05) is 24.0 Å². The van der Waals surface area contributed by atoms with E-state index >= 15 is 0 Å². The molecule has 0 aliphatic carbocycles. The van der Waals surface area contributed by atoms with E-state index in [1.165, 1.54) is 12.1 Å². The smallest absolute Gasteiger partial charge is 0.264 e. The molecule has 0 radical (unpaired) electrons. The number of nitrogens with zero attached hydrogens (tertiary/aromatic N) is 2. The molecule has 0 saturated heterocycles. The number of aromatic nitrogens is 1. The van der Waals surface area contributed by atoms with Gasteiger partial charge in [-0.05, 0) is 55.3 Å². The van der Waals surface area contributed by atoms with Crippen LogP contribution in [0.3, 0.4) is 0 Å². The van der Waals surface area contributed by atoms with Crippen molar-refractivity contribution in [3.05, 3.63) is 88.7 Å². The lowest BCUT2D eigenvalue weighted by Crippen LogP contribution is -2.40. The van der Waals surface area contributed by atoms with Crippen molar-refractivity contribution in [2.75, 3.05) is 10.8 Å². The predicted octanol–water partition coefficient (Wildman–Crippen LogP) is 3.86. The second kappa shape index (κ2) is 9.28. The fraction of sp³-hybridized carbons (Fsp3) is 0.182. The Kier molecular flexibility index (Phi) is 6.74. The zero-order valence-corrected chi connectivity index (χ0v) is 18.2. The molecule has 0 saturated carbocycles. The minimum absolute atomic E-state index is 0.102. The van der Waals surface area contributed by atoms with Crippen LogP contribution in [0.2, 0.25) is 5.02 Å². The van der Waals surface area contributed by atoms with E-state index in [2.05, 4.69) is 10.3 Å². The van der Waals surface area contributed by atoms with Gasteiger partial charge in [-0.3, -0.25) is 14.1 Å². The van der Waals surface area contributed by atoms with Crippen molar-refractivity contribution in [3.63, 3.8) is 0 Å². The molecule has 0 unspecified atom stereocenters. The number of benzene rings is 2. The molecule has 0 atom stereocenters. The predicted molar refractivity (Wildman–Crippen MR) is 118 cm³/mol. The number of hydrogen-bond acceptors (Lipinski definition) is 4. The quantitative estimate of drug-likeness (QED) is 0.601. The summed E-state index contributed by atoms with van der Waals surface area (Å²) >= 11 is 6.22. The Bertz CT molecular complexity index is 1130. The number of rotatable bonds is 7. The van der Waals surface area contributed by atoms with E-state index < -0.39 is 15.9 Å². The average Bonchev–Trinajstić information content (AvgIpc) is 2.73. The van der Waals surface area contributed by atoms with Crippen molar-refractivity contribution in [2.24, 2.45) is 0 Å². The Labute approximate surface area is 181 Å². The van der Waals surface area contributed by atoms with Gasteiger partial charge in [0.25, 0.3) is 10.0 Å². The summed E-state index contributed by atoms with van der Waals surface area (Å²) in [6.07, 6.45) is 3.28. The third kappa shape index (κ3) is 5.17. The summed E-state index contributed by atoms with van der Waals surface area (Å²) in [6, 6.07) is 15.0. The number of carbonyl (C=O) groups excluding carboxylic acids is 1. The molecule has 2 aromatic carbocycles. The van der Waals surface area contributed by atoms with E-state index in [9.17, 15) is 13.2 Å². The Morgan fingerprint density at radius 2 is 1.83 bits per heavy atom. The molecule has 156 valence electrons. The van der Waals surface area contributed by atoms with Gasteiger partial charge in [0.2, 0.25) is 5.91 Å². The van der Waals surface area contributed by atoms with E-state index in [0.717, 1.165) is 21.0 Å². The number of nitrogens with one attached hydrogen (secondary N) is 1. The van der Waals surface area contributed by atoms with Gasteiger partial charge in [0.05, 0.1) is 10.6 Å². The first-order chi connectivity index (χ1) is 14.3. The van der Waals surface area contributed by atoms with Crippen LogP contribution >= 0.6 is 11.6 Å². The van der Waals surface area contributed by atoms with Gasteiger partial charge < -0.3 is 5.32 Å². The molecule has 6 nitrogen and oxygen atoms in total. The maximum Gasteiger partial charge on any atom is 0.264 e. The number of carbonyl (C=O) groups is 1. The summed E-state index contributed by atoms with van der Waals surface area (Å²) < 4.78 is 27.8. The van der Waals surface area contributed by atoms with Gasteiger partial charge >= 0.3 is 0 Å². The minimum atomic E-state index is -3.98. The van der Waals surface area contributed by atoms with E-state index in [1.54, 1.807) is 48.8 Å². The summed E-state index contributed by atoms with van der Waals surface area (Å²) in [5.41, 5.74) is 2.89. The number of sulfonamides is 1. The van der Waals surface area contributed by atoms with Gasteiger partial charge in [-0.15, -0.1) is 0 Å². The molecule has 30 heavy (non-hydrogen) atoms. The second-order valence-corrected chi connectivity index (χ2v) is 9.17. The van der Waals surface area contributed by atoms with Crippen molar-refractivity contribution in [2.45, 2.75) is 25.3 Å². The van der Waals surface area contributed by atoms with Gasteiger partial charge in [-0.2, -0.15) is 0 Å². The van der Waals surface area contributed by atoms with Crippen LogP contribution in [0, 0.1) is 13.8 Å². The number of hydrogen-bond donors (Lipinski definition) is 1.